The van der Waals surface area contributed by atoms with Gasteiger partial charge in [0.15, 0.2) is 0 Å². The molecule has 0 amide bonds. The highest BCUT2D eigenvalue weighted by molar-refractivity contribution is 5.95. The molecule has 6 heteroatoms. The average molecular weight is 278 g/mol. The molecule has 0 aromatic heterocycles. The molecule has 0 bridgehead atoms. The lowest BCUT2D eigenvalue weighted by atomic mass is 10.1. The Kier molecular flexibility index (Phi) is 3.92. The van der Waals surface area contributed by atoms with Crippen molar-refractivity contribution in [3.8, 4) is 0 Å². The van der Waals surface area contributed by atoms with Crippen LogP contribution in [0.3, 0.4) is 0 Å². The van der Waals surface area contributed by atoms with Crippen molar-refractivity contribution in [2.45, 2.75) is 32.7 Å². The van der Waals surface area contributed by atoms with Gasteiger partial charge in [0.2, 0.25) is 0 Å². The van der Waals surface area contributed by atoms with Gasteiger partial charge >= 0.3 is 5.97 Å². The van der Waals surface area contributed by atoms with Crippen LogP contribution in [-0.4, -0.2) is 28.6 Å². The highest BCUT2D eigenvalue weighted by Gasteiger charge is 2.32. The number of anilines is 1. The number of carbonyl (C=O) groups is 1. The van der Waals surface area contributed by atoms with Gasteiger partial charge in [0.1, 0.15) is 0 Å². The molecule has 1 aliphatic carbocycles. The summed E-state index contributed by atoms with van der Waals surface area (Å²) in [4.78, 5) is 23.8. The van der Waals surface area contributed by atoms with Gasteiger partial charge in [-0.3, -0.25) is 10.1 Å². The van der Waals surface area contributed by atoms with Crippen LogP contribution in [0.15, 0.2) is 18.2 Å². The normalized spacial score (nSPS) is 14.3. The topological polar surface area (TPSA) is 83.7 Å². The molecule has 0 saturated heterocycles. The Bertz CT molecular complexity index is 538. The highest BCUT2D eigenvalue weighted by Crippen LogP contribution is 2.36. The Morgan fingerprint density at radius 1 is 1.50 bits per heavy atom. The lowest BCUT2D eigenvalue weighted by Gasteiger charge is -2.27. The summed E-state index contributed by atoms with van der Waals surface area (Å²) in [5.41, 5.74) is 0.519. The van der Waals surface area contributed by atoms with Gasteiger partial charge in [-0.15, -0.1) is 0 Å². The van der Waals surface area contributed by atoms with Crippen LogP contribution in [0, 0.1) is 16.0 Å². The van der Waals surface area contributed by atoms with Crippen molar-refractivity contribution in [3.63, 3.8) is 0 Å². The molecule has 0 radical (unpaired) electrons. The average Bonchev–Trinajstić information content (AvgIpc) is 3.19. The van der Waals surface area contributed by atoms with Crippen molar-refractivity contribution >= 4 is 17.3 Å². The fourth-order valence-electron chi connectivity index (χ4n) is 2.28. The first-order chi connectivity index (χ1) is 9.40. The maximum absolute atomic E-state index is 11.3. The quantitative estimate of drug-likeness (QED) is 0.639. The van der Waals surface area contributed by atoms with Gasteiger partial charge in [-0.1, -0.05) is 13.8 Å². The molecular weight excluding hydrogens is 260 g/mol. The lowest BCUT2D eigenvalue weighted by molar-refractivity contribution is -0.384. The Balaban J connectivity index is 2.46. The fraction of sp³-hybridized carbons (Fsp3) is 0.500. The van der Waals surface area contributed by atoms with Gasteiger partial charge in [-0.25, -0.2) is 4.79 Å². The molecule has 2 rings (SSSR count). The second-order valence-electron chi connectivity index (χ2n) is 5.54. The van der Waals surface area contributed by atoms with E-state index < -0.39 is 10.9 Å². The number of carboxylic acid groups (broad SMARTS) is 1. The Morgan fingerprint density at radius 2 is 2.15 bits per heavy atom. The van der Waals surface area contributed by atoms with Gasteiger partial charge in [0.25, 0.3) is 5.69 Å². The number of nitro groups is 1. The van der Waals surface area contributed by atoms with E-state index in [9.17, 15) is 20.0 Å². The molecule has 1 saturated carbocycles. The number of benzene rings is 1. The predicted molar refractivity (Wildman–Crippen MR) is 75.3 cm³/mol. The maximum Gasteiger partial charge on any atom is 0.337 e. The van der Waals surface area contributed by atoms with Crippen LogP contribution in [0.25, 0.3) is 0 Å². The molecule has 6 nitrogen and oxygen atoms in total. The van der Waals surface area contributed by atoms with E-state index in [0.29, 0.717) is 24.2 Å². The molecule has 1 N–H and O–H groups in total. The van der Waals surface area contributed by atoms with E-state index in [1.807, 2.05) is 18.7 Å². The van der Waals surface area contributed by atoms with Crippen molar-refractivity contribution in [2.24, 2.45) is 5.92 Å². The van der Waals surface area contributed by atoms with Crippen LogP contribution in [0.1, 0.15) is 37.0 Å². The summed E-state index contributed by atoms with van der Waals surface area (Å²) in [5, 5.41) is 20.2. The van der Waals surface area contributed by atoms with Gasteiger partial charge in [0.05, 0.1) is 16.2 Å². The lowest BCUT2D eigenvalue weighted by Crippen LogP contribution is -2.31. The van der Waals surface area contributed by atoms with Crippen LogP contribution in [0.4, 0.5) is 11.4 Å². The second kappa shape index (κ2) is 5.48. The SMILES string of the molecule is CC(C)CN(c1cc([N+](=O)[O-])ccc1C(=O)O)C1CC1. The Morgan fingerprint density at radius 3 is 2.60 bits per heavy atom. The third-order valence-electron chi connectivity index (χ3n) is 3.28. The van der Waals surface area contributed by atoms with E-state index in [-0.39, 0.29) is 11.3 Å². The number of nitrogens with zero attached hydrogens (tertiary/aromatic N) is 2. The van der Waals surface area contributed by atoms with Crippen molar-refractivity contribution in [3.05, 3.63) is 33.9 Å². The van der Waals surface area contributed by atoms with Crippen LogP contribution in [0.5, 0.6) is 0 Å². The maximum atomic E-state index is 11.3. The third kappa shape index (κ3) is 3.07. The zero-order chi connectivity index (χ0) is 14.9. The summed E-state index contributed by atoms with van der Waals surface area (Å²) in [6, 6.07) is 4.25. The minimum absolute atomic E-state index is 0.0700. The van der Waals surface area contributed by atoms with Crippen molar-refractivity contribution in [1.82, 2.24) is 0 Å². The molecule has 0 atom stereocenters. The summed E-state index contributed by atoms with van der Waals surface area (Å²) in [5.74, 6) is -0.694. The largest absolute Gasteiger partial charge is 0.478 e. The second-order valence-corrected chi connectivity index (χ2v) is 5.54. The molecule has 1 aromatic carbocycles. The summed E-state index contributed by atoms with van der Waals surface area (Å²) >= 11 is 0. The van der Waals surface area contributed by atoms with E-state index in [2.05, 4.69) is 0 Å². The molecule has 1 aromatic rings. The first kappa shape index (κ1) is 14.3. The molecular formula is C14H18N2O4. The predicted octanol–water partition coefficient (Wildman–Crippen LogP) is 2.92. The number of rotatable bonds is 6. The van der Waals surface area contributed by atoms with E-state index in [1.165, 1.54) is 18.2 Å². The number of aromatic carboxylic acids is 1. The van der Waals surface area contributed by atoms with E-state index in [4.69, 9.17) is 0 Å². The molecule has 1 fully saturated rings. The Labute approximate surface area is 117 Å². The number of nitro benzene ring substituents is 1. The zero-order valence-electron chi connectivity index (χ0n) is 11.6. The zero-order valence-corrected chi connectivity index (χ0v) is 11.6. The van der Waals surface area contributed by atoms with E-state index in [0.717, 1.165) is 12.8 Å². The number of hydrogen-bond acceptors (Lipinski definition) is 4. The Hall–Kier alpha value is -2.11. The molecule has 0 spiro atoms. The smallest absolute Gasteiger partial charge is 0.337 e. The van der Waals surface area contributed by atoms with Crippen molar-refractivity contribution in [1.29, 1.82) is 0 Å². The monoisotopic (exact) mass is 278 g/mol. The summed E-state index contributed by atoms with van der Waals surface area (Å²) in [6.07, 6.45) is 2.02. The number of hydrogen-bond donors (Lipinski definition) is 1. The van der Waals surface area contributed by atoms with Crippen molar-refractivity contribution in [2.75, 3.05) is 11.4 Å². The van der Waals surface area contributed by atoms with Crippen LogP contribution >= 0.6 is 0 Å². The number of carboxylic acids is 1. The molecule has 108 valence electrons. The molecule has 0 unspecified atom stereocenters. The first-order valence-electron chi connectivity index (χ1n) is 6.68. The standard InChI is InChI=1S/C14H18N2O4/c1-9(2)8-15(10-3-4-10)13-7-11(16(19)20)5-6-12(13)14(17)18/h5-7,9-10H,3-4,8H2,1-2H3,(H,17,18). The number of non-ortho nitro benzene ring substituents is 1. The fourth-order valence-corrected chi connectivity index (χ4v) is 2.28. The summed E-state index contributed by atoms with van der Waals surface area (Å²) in [7, 11) is 0. The molecule has 0 heterocycles. The highest BCUT2D eigenvalue weighted by atomic mass is 16.6. The molecule has 1 aliphatic rings. The third-order valence-corrected chi connectivity index (χ3v) is 3.28. The van der Waals surface area contributed by atoms with E-state index >= 15 is 0 Å². The van der Waals surface area contributed by atoms with Crippen LogP contribution in [-0.2, 0) is 0 Å². The molecule has 0 aliphatic heterocycles. The van der Waals surface area contributed by atoms with Gasteiger partial charge < -0.3 is 10.0 Å². The summed E-state index contributed by atoms with van der Waals surface area (Å²) in [6.45, 7) is 4.80. The van der Waals surface area contributed by atoms with Crippen LogP contribution in [0.2, 0.25) is 0 Å². The van der Waals surface area contributed by atoms with E-state index in [1.54, 1.807) is 0 Å². The van der Waals surface area contributed by atoms with Gasteiger partial charge in [0, 0.05) is 24.7 Å². The van der Waals surface area contributed by atoms with Gasteiger partial charge in [-0.2, -0.15) is 0 Å². The van der Waals surface area contributed by atoms with Crippen molar-refractivity contribution < 1.29 is 14.8 Å². The van der Waals surface area contributed by atoms with Crippen LogP contribution < -0.4 is 4.90 Å². The summed E-state index contributed by atoms with van der Waals surface area (Å²) < 4.78 is 0. The van der Waals surface area contributed by atoms with Gasteiger partial charge in [-0.05, 0) is 24.8 Å². The first-order valence-corrected chi connectivity index (χ1v) is 6.68. The minimum Gasteiger partial charge on any atom is -0.478 e. The minimum atomic E-state index is -1.05. The molecule has 20 heavy (non-hydrogen) atoms.